The molecule has 3 aromatic carbocycles. The minimum Gasteiger partial charge on any atom is -0.489 e. The third kappa shape index (κ3) is 4.13. The van der Waals surface area contributed by atoms with Crippen molar-refractivity contribution in [2.75, 3.05) is 10.6 Å². The Bertz CT molecular complexity index is 1150. The lowest BCUT2D eigenvalue weighted by Crippen LogP contribution is -2.36. The summed E-state index contributed by atoms with van der Waals surface area (Å²) in [6, 6.07) is 26.2. The second kappa shape index (κ2) is 8.19. The smallest absolute Gasteiger partial charge is 0.145 e. The van der Waals surface area contributed by atoms with E-state index in [1.54, 1.807) is 0 Å². The Hall–Kier alpha value is -3.53. The average molecular weight is 425 g/mol. The summed E-state index contributed by atoms with van der Waals surface area (Å²) < 4.78 is 5.96. The number of ketones is 1. The molecule has 32 heavy (non-hydrogen) atoms. The first-order valence-corrected chi connectivity index (χ1v) is 11.1. The zero-order valence-corrected chi connectivity index (χ0v) is 18.5. The molecule has 4 heteroatoms. The van der Waals surface area contributed by atoms with Gasteiger partial charge < -0.3 is 15.4 Å². The maximum absolute atomic E-state index is 13.3. The third-order valence-corrected chi connectivity index (χ3v) is 6.20. The summed E-state index contributed by atoms with van der Waals surface area (Å²) >= 11 is 0. The highest BCUT2D eigenvalue weighted by Crippen LogP contribution is 2.45. The van der Waals surface area contributed by atoms with Crippen LogP contribution in [0.3, 0.4) is 0 Å². The van der Waals surface area contributed by atoms with Crippen molar-refractivity contribution in [2.24, 2.45) is 11.3 Å². The van der Waals surface area contributed by atoms with Gasteiger partial charge in [-0.1, -0.05) is 74.5 Å². The van der Waals surface area contributed by atoms with Crippen molar-refractivity contribution in [3.8, 4) is 5.75 Å². The van der Waals surface area contributed by atoms with Gasteiger partial charge in [0.2, 0.25) is 0 Å². The molecule has 0 radical (unpaired) electrons. The molecule has 3 aromatic rings. The summed E-state index contributed by atoms with van der Waals surface area (Å²) in [7, 11) is 0. The van der Waals surface area contributed by atoms with E-state index in [4.69, 9.17) is 4.74 Å². The molecule has 0 saturated carbocycles. The number of allylic oxidation sites excluding steroid dienone is 1. The van der Waals surface area contributed by atoms with Crippen molar-refractivity contribution in [2.45, 2.75) is 32.9 Å². The van der Waals surface area contributed by atoms with Gasteiger partial charge in [0, 0.05) is 12.1 Å². The molecule has 0 aromatic heterocycles. The van der Waals surface area contributed by atoms with E-state index in [0.29, 0.717) is 13.0 Å². The average Bonchev–Trinajstić information content (AvgIpc) is 2.94. The van der Waals surface area contributed by atoms with Crippen LogP contribution in [0.4, 0.5) is 11.4 Å². The van der Waals surface area contributed by atoms with E-state index in [9.17, 15) is 4.79 Å². The predicted molar refractivity (Wildman–Crippen MR) is 129 cm³/mol. The lowest BCUT2D eigenvalue weighted by atomic mass is 9.72. The normalized spacial score (nSPS) is 21.2. The topological polar surface area (TPSA) is 50.4 Å². The number of carbonyl (C=O) groups excluding carboxylic acids is 1. The molecule has 0 amide bonds. The van der Waals surface area contributed by atoms with Crippen LogP contribution in [-0.2, 0) is 11.4 Å². The monoisotopic (exact) mass is 424 g/mol. The molecule has 0 bridgehead atoms. The number of anilines is 2. The summed E-state index contributed by atoms with van der Waals surface area (Å²) in [4.78, 5) is 13.3. The van der Waals surface area contributed by atoms with E-state index in [1.807, 2.05) is 42.5 Å². The summed E-state index contributed by atoms with van der Waals surface area (Å²) in [6.07, 6.45) is 2.77. The second-order valence-corrected chi connectivity index (χ2v) is 9.34. The van der Waals surface area contributed by atoms with Gasteiger partial charge in [0.15, 0.2) is 0 Å². The number of carbonyl (C=O) groups is 1. The van der Waals surface area contributed by atoms with Crippen molar-refractivity contribution >= 4 is 17.2 Å². The van der Waals surface area contributed by atoms with Gasteiger partial charge in [0.05, 0.1) is 23.3 Å². The van der Waals surface area contributed by atoms with Crippen LogP contribution in [0.5, 0.6) is 5.75 Å². The Morgan fingerprint density at radius 3 is 2.34 bits per heavy atom. The standard InChI is InChI=1S/C28H28N2O2/c1-28(2)16-24-26(25(31)17-28)27(30-23-11-7-6-10-22(23)29-24)20-12-14-21(15-13-20)32-18-19-8-4-3-5-9-19/h3-16,26-27,29-30H,17-18H2,1-2H3/t26-,27-/m1/s1. The van der Waals surface area contributed by atoms with Crippen LogP contribution < -0.4 is 15.4 Å². The quantitative estimate of drug-likeness (QED) is 0.513. The fraction of sp³-hybridized carbons (Fsp3) is 0.250. The van der Waals surface area contributed by atoms with Crippen LogP contribution in [0.25, 0.3) is 0 Å². The highest BCUT2D eigenvalue weighted by molar-refractivity contribution is 5.90. The molecular formula is C28H28N2O2. The Morgan fingerprint density at radius 1 is 0.906 bits per heavy atom. The fourth-order valence-corrected chi connectivity index (χ4v) is 4.69. The maximum Gasteiger partial charge on any atom is 0.145 e. The molecule has 2 atom stereocenters. The SMILES string of the molecule is CC1(C)C=C2Nc3ccccc3N[C@H](c3ccc(OCc4ccccc4)cc3)[C@H]2C(=O)C1. The highest BCUT2D eigenvalue weighted by Gasteiger charge is 2.41. The number of benzene rings is 3. The van der Waals surface area contributed by atoms with Crippen molar-refractivity contribution in [3.05, 3.63) is 102 Å². The molecule has 0 saturated heterocycles. The van der Waals surface area contributed by atoms with E-state index in [2.05, 4.69) is 67.0 Å². The largest absolute Gasteiger partial charge is 0.489 e. The Balaban J connectivity index is 1.45. The lowest BCUT2D eigenvalue weighted by molar-refractivity contribution is -0.124. The number of para-hydroxylation sites is 2. The van der Waals surface area contributed by atoms with Crippen molar-refractivity contribution in [1.29, 1.82) is 0 Å². The summed E-state index contributed by atoms with van der Waals surface area (Å²) in [5, 5.41) is 7.20. The molecule has 2 aliphatic rings. The Morgan fingerprint density at radius 2 is 1.59 bits per heavy atom. The van der Waals surface area contributed by atoms with Gasteiger partial charge in [-0.25, -0.2) is 0 Å². The van der Waals surface area contributed by atoms with Gasteiger partial charge >= 0.3 is 0 Å². The predicted octanol–water partition coefficient (Wildman–Crippen LogP) is 6.34. The minimum absolute atomic E-state index is 0.149. The number of rotatable bonds is 4. The van der Waals surface area contributed by atoms with Crippen molar-refractivity contribution in [1.82, 2.24) is 0 Å². The molecule has 2 N–H and O–H groups in total. The van der Waals surface area contributed by atoms with Gasteiger partial charge in [-0.05, 0) is 40.8 Å². The summed E-state index contributed by atoms with van der Waals surface area (Å²) in [5.74, 6) is 0.817. The molecule has 0 spiro atoms. The van der Waals surface area contributed by atoms with Gasteiger partial charge in [-0.3, -0.25) is 4.79 Å². The molecule has 5 rings (SSSR count). The molecule has 1 aliphatic heterocycles. The summed E-state index contributed by atoms with van der Waals surface area (Å²) in [6.45, 7) is 4.77. The van der Waals surface area contributed by atoms with E-state index < -0.39 is 0 Å². The van der Waals surface area contributed by atoms with Crippen molar-refractivity contribution in [3.63, 3.8) is 0 Å². The van der Waals surface area contributed by atoms with E-state index in [1.165, 1.54) is 0 Å². The molecule has 0 unspecified atom stereocenters. The maximum atomic E-state index is 13.3. The zero-order chi connectivity index (χ0) is 22.1. The minimum atomic E-state index is -0.258. The van der Waals surface area contributed by atoms with E-state index >= 15 is 0 Å². The van der Waals surface area contributed by atoms with E-state index in [-0.39, 0.29) is 23.2 Å². The van der Waals surface area contributed by atoms with E-state index in [0.717, 1.165) is 33.9 Å². The molecule has 1 heterocycles. The molecule has 1 aliphatic carbocycles. The van der Waals surface area contributed by atoms with Crippen LogP contribution in [0.2, 0.25) is 0 Å². The van der Waals surface area contributed by atoms with Gasteiger partial charge in [-0.2, -0.15) is 0 Å². The van der Waals surface area contributed by atoms with Crippen LogP contribution >= 0.6 is 0 Å². The fourth-order valence-electron chi connectivity index (χ4n) is 4.69. The number of nitrogens with one attached hydrogen (secondary N) is 2. The first-order chi connectivity index (χ1) is 15.5. The van der Waals surface area contributed by atoms with Gasteiger partial charge in [-0.15, -0.1) is 0 Å². The summed E-state index contributed by atoms with van der Waals surface area (Å²) in [5.41, 5.74) is 5.03. The van der Waals surface area contributed by atoms with Gasteiger partial charge in [0.1, 0.15) is 18.1 Å². The number of Topliss-reactive ketones (excluding diaryl/α,β-unsaturated/α-hetero) is 1. The van der Waals surface area contributed by atoms with Gasteiger partial charge in [0.25, 0.3) is 0 Å². The zero-order valence-electron chi connectivity index (χ0n) is 18.5. The number of ether oxygens (including phenoxy) is 1. The highest BCUT2D eigenvalue weighted by atomic mass is 16.5. The number of hydrogen-bond acceptors (Lipinski definition) is 4. The van der Waals surface area contributed by atoms with Crippen LogP contribution in [0.1, 0.15) is 37.4 Å². The molecular weight excluding hydrogens is 396 g/mol. The second-order valence-electron chi connectivity index (χ2n) is 9.34. The van der Waals surface area contributed by atoms with Crippen LogP contribution in [0, 0.1) is 11.3 Å². The third-order valence-electron chi connectivity index (χ3n) is 6.20. The van der Waals surface area contributed by atoms with Crippen molar-refractivity contribution < 1.29 is 9.53 Å². The number of fused-ring (bicyclic) bond motifs is 2. The Labute approximate surface area is 189 Å². The van der Waals surface area contributed by atoms with Crippen LogP contribution in [-0.4, -0.2) is 5.78 Å². The molecule has 4 nitrogen and oxygen atoms in total. The Kier molecular flexibility index (Phi) is 5.22. The molecule has 0 fully saturated rings. The first-order valence-electron chi connectivity index (χ1n) is 11.1. The lowest BCUT2D eigenvalue weighted by Gasteiger charge is -2.35. The number of hydrogen-bond donors (Lipinski definition) is 2. The molecule has 162 valence electrons. The van der Waals surface area contributed by atoms with Crippen LogP contribution in [0.15, 0.2) is 90.6 Å². The first kappa shape index (κ1) is 20.4.